The summed E-state index contributed by atoms with van der Waals surface area (Å²) in [6.45, 7) is 7.38. The highest BCUT2D eigenvalue weighted by molar-refractivity contribution is 5.97. The van der Waals surface area contributed by atoms with Crippen LogP contribution in [0.15, 0.2) is 18.3 Å². The standard InChI is InChI=1S/C14H24N4O/c1-13(2,14(3,4)15)12(19)17-10-8-7-9-16-11(10)18(5)6/h7-9H,15H2,1-6H3,(H,17,19). The topological polar surface area (TPSA) is 71.2 Å². The largest absolute Gasteiger partial charge is 0.361 e. The smallest absolute Gasteiger partial charge is 0.231 e. The van der Waals surface area contributed by atoms with E-state index in [1.165, 1.54) is 0 Å². The van der Waals surface area contributed by atoms with Crippen LogP contribution in [-0.2, 0) is 4.79 Å². The minimum absolute atomic E-state index is 0.115. The number of carbonyl (C=O) groups excluding carboxylic acids is 1. The molecule has 0 aliphatic heterocycles. The molecule has 1 rings (SSSR count). The summed E-state index contributed by atoms with van der Waals surface area (Å²) in [7, 11) is 3.77. The molecular formula is C14H24N4O. The van der Waals surface area contributed by atoms with E-state index in [1.807, 2.05) is 52.8 Å². The van der Waals surface area contributed by atoms with Crippen molar-refractivity contribution in [3.8, 4) is 0 Å². The predicted octanol–water partition coefficient (Wildman–Crippen LogP) is 1.85. The van der Waals surface area contributed by atoms with Gasteiger partial charge in [-0.05, 0) is 39.8 Å². The summed E-state index contributed by atoms with van der Waals surface area (Å²) in [5.74, 6) is 0.609. The molecule has 0 aromatic carbocycles. The number of amides is 1. The Bertz CT molecular complexity index is 461. The first-order chi connectivity index (χ1) is 8.57. The van der Waals surface area contributed by atoms with Crippen molar-refractivity contribution in [1.29, 1.82) is 0 Å². The Morgan fingerprint density at radius 1 is 1.32 bits per heavy atom. The van der Waals surface area contributed by atoms with Crippen molar-refractivity contribution in [2.24, 2.45) is 11.1 Å². The maximum atomic E-state index is 12.4. The zero-order valence-corrected chi connectivity index (χ0v) is 12.6. The first-order valence-electron chi connectivity index (χ1n) is 6.30. The van der Waals surface area contributed by atoms with Crippen molar-refractivity contribution in [3.63, 3.8) is 0 Å². The minimum Gasteiger partial charge on any atom is -0.361 e. The van der Waals surface area contributed by atoms with Crippen LogP contribution in [0.2, 0.25) is 0 Å². The second-order valence-electron chi connectivity index (χ2n) is 6.07. The van der Waals surface area contributed by atoms with Gasteiger partial charge in [0.2, 0.25) is 5.91 Å². The van der Waals surface area contributed by atoms with Crippen LogP contribution in [0, 0.1) is 5.41 Å². The summed E-state index contributed by atoms with van der Waals surface area (Å²) in [6.07, 6.45) is 1.70. The maximum absolute atomic E-state index is 12.4. The fourth-order valence-corrected chi connectivity index (χ4v) is 1.42. The number of hydrogen-bond donors (Lipinski definition) is 2. The number of carbonyl (C=O) groups is 1. The molecule has 1 heterocycles. The van der Waals surface area contributed by atoms with E-state index in [4.69, 9.17) is 5.73 Å². The average Bonchev–Trinajstić information content (AvgIpc) is 2.27. The Kier molecular flexibility index (Phi) is 4.20. The van der Waals surface area contributed by atoms with E-state index in [9.17, 15) is 4.79 Å². The van der Waals surface area contributed by atoms with Crippen LogP contribution >= 0.6 is 0 Å². The van der Waals surface area contributed by atoms with E-state index >= 15 is 0 Å². The fourth-order valence-electron chi connectivity index (χ4n) is 1.42. The number of hydrogen-bond acceptors (Lipinski definition) is 4. The van der Waals surface area contributed by atoms with Gasteiger partial charge in [-0.15, -0.1) is 0 Å². The Morgan fingerprint density at radius 3 is 2.37 bits per heavy atom. The lowest BCUT2D eigenvalue weighted by Crippen LogP contribution is -2.53. The summed E-state index contributed by atoms with van der Waals surface area (Å²) in [5, 5.41) is 2.92. The van der Waals surface area contributed by atoms with Crippen molar-refractivity contribution >= 4 is 17.4 Å². The van der Waals surface area contributed by atoms with Crippen LogP contribution in [0.25, 0.3) is 0 Å². The van der Waals surface area contributed by atoms with Crippen LogP contribution in [-0.4, -0.2) is 30.5 Å². The molecule has 1 aromatic heterocycles. The third-order valence-corrected chi connectivity index (χ3v) is 3.64. The van der Waals surface area contributed by atoms with Gasteiger partial charge in [0.05, 0.1) is 11.1 Å². The minimum atomic E-state index is -0.688. The lowest BCUT2D eigenvalue weighted by atomic mass is 9.74. The molecule has 0 bridgehead atoms. The molecule has 1 aromatic rings. The highest BCUT2D eigenvalue weighted by Crippen LogP contribution is 2.31. The summed E-state index contributed by atoms with van der Waals surface area (Å²) < 4.78 is 0. The van der Waals surface area contributed by atoms with E-state index < -0.39 is 11.0 Å². The first kappa shape index (κ1) is 15.4. The van der Waals surface area contributed by atoms with Gasteiger partial charge >= 0.3 is 0 Å². The number of aromatic nitrogens is 1. The lowest BCUT2D eigenvalue weighted by molar-refractivity contribution is -0.126. The van der Waals surface area contributed by atoms with Crippen molar-refractivity contribution in [2.45, 2.75) is 33.2 Å². The normalized spacial score (nSPS) is 12.2. The third-order valence-electron chi connectivity index (χ3n) is 3.64. The molecule has 0 atom stereocenters. The highest BCUT2D eigenvalue weighted by Gasteiger charge is 2.40. The van der Waals surface area contributed by atoms with Crippen LogP contribution in [0.5, 0.6) is 0 Å². The molecule has 0 fully saturated rings. The number of pyridine rings is 1. The van der Waals surface area contributed by atoms with E-state index in [0.717, 1.165) is 5.82 Å². The molecule has 0 unspecified atom stereocenters. The molecule has 0 aliphatic rings. The van der Waals surface area contributed by atoms with Gasteiger partial charge in [-0.2, -0.15) is 0 Å². The number of nitrogens with two attached hydrogens (primary N) is 1. The molecule has 1 amide bonds. The number of nitrogens with one attached hydrogen (secondary N) is 1. The van der Waals surface area contributed by atoms with Crippen LogP contribution in [0.1, 0.15) is 27.7 Å². The van der Waals surface area contributed by atoms with Crippen LogP contribution < -0.4 is 16.0 Å². The van der Waals surface area contributed by atoms with Gasteiger partial charge in [-0.3, -0.25) is 4.79 Å². The number of nitrogens with zero attached hydrogens (tertiary/aromatic N) is 2. The average molecular weight is 264 g/mol. The number of rotatable bonds is 4. The second-order valence-corrected chi connectivity index (χ2v) is 6.07. The second kappa shape index (κ2) is 5.17. The van der Waals surface area contributed by atoms with E-state index in [2.05, 4.69) is 10.3 Å². The number of anilines is 2. The molecule has 0 saturated carbocycles. The summed E-state index contributed by atoms with van der Waals surface area (Å²) >= 11 is 0. The molecule has 0 aliphatic carbocycles. The first-order valence-corrected chi connectivity index (χ1v) is 6.30. The SMILES string of the molecule is CN(C)c1ncccc1NC(=O)C(C)(C)C(C)(C)N. The molecule has 0 saturated heterocycles. The van der Waals surface area contributed by atoms with Gasteiger partial charge in [0.1, 0.15) is 0 Å². The monoisotopic (exact) mass is 264 g/mol. The van der Waals surface area contributed by atoms with Gasteiger partial charge in [0.15, 0.2) is 5.82 Å². The zero-order chi connectivity index (χ0) is 14.8. The molecule has 5 heteroatoms. The zero-order valence-electron chi connectivity index (χ0n) is 12.6. The third kappa shape index (κ3) is 3.23. The molecule has 19 heavy (non-hydrogen) atoms. The van der Waals surface area contributed by atoms with Crippen LogP contribution in [0.4, 0.5) is 11.5 Å². The molecular weight excluding hydrogens is 240 g/mol. The molecule has 5 nitrogen and oxygen atoms in total. The summed E-state index contributed by atoms with van der Waals surface area (Å²) in [4.78, 5) is 18.5. The van der Waals surface area contributed by atoms with E-state index in [0.29, 0.717) is 5.69 Å². The summed E-state index contributed by atoms with van der Waals surface area (Å²) in [6, 6.07) is 3.63. The predicted molar refractivity (Wildman–Crippen MR) is 79.2 cm³/mol. The van der Waals surface area contributed by atoms with Crippen molar-refractivity contribution in [1.82, 2.24) is 4.98 Å². The van der Waals surface area contributed by atoms with Gasteiger partial charge < -0.3 is 16.0 Å². The van der Waals surface area contributed by atoms with E-state index in [-0.39, 0.29) is 5.91 Å². The van der Waals surface area contributed by atoms with E-state index in [1.54, 1.807) is 12.3 Å². The fraction of sp³-hybridized carbons (Fsp3) is 0.571. The Morgan fingerprint density at radius 2 is 1.89 bits per heavy atom. The van der Waals surface area contributed by atoms with Gasteiger partial charge in [0, 0.05) is 25.8 Å². The molecule has 0 radical (unpaired) electrons. The van der Waals surface area contributed by atoms with Crippen LogP contribution in [0.3, 0.4) is 0 Å². The quantitative estimate of drug-likeness (QED) is 0.870. The van der Waals surface area contributed by atoms with Gasteiger partial charge in [-0.25, -0.2) is 4.98 Å². The maximum Gasteiger partial charge on any atom is 0.231 e. The Balaban J connectivity index is 3.01. The van der Waals surface area contributed by atoms with Gasteiger partial charge in [0.25, 0.3) is 0 Å². The Labute approximate surface area is 115 Å². The molecule has 3 N–H and O–H groups in total. The van der Waals surface area contributed by atoms with Crippen molar-refractivity contribution < 1.29 is 4.79 Å². The Hall–Kier alpha value is -1.62. The highest BCUT2D eigenvalue weighted by atomic mass is 16.2. The van der Waals surface area contributed by atoms with Crippen molar-refractivity contribution in [3.05, 3.63) is 18.3 Å². The van der Waals surface area contributed by atoms with Gasteiger partial charge in [-0.1, -0.05) is 0 Å². The summed E-state index contributed by atoms with van der Waals surface area (Å²) in [5.41, 5.74) is 5.47. The van der Waals surface area contributed by atoms with Crippen molar-refractivity contribution in [2.75, 3.05) is 24.3 Å². The molecule has 0 spiro atoms. The lowest BCUT2D eigenvalue weighted by Gasteiger charge is -2.37. The molecule has 106 valence electrons.